The summed E-state index contributed by atoms with van der Waals surface area (Å²) < 4.78 is 48.7. The number of anilines is 2. The summed E-state index contributed by atoms with van der Waals surface area (Å²) in [5, 5.41) is 3.32. The minimum Gasteiger partial charge on any atom is -0.469 e. The molecule has 194 valence electrons. The van der Waals surface area contributed by atoms with E-state index in [1.54, 1.807) is 0 Å². The zero-order valence-electron chi connectivity index (χ0n) is 20.9. The topological polar surface area (TPSA) is 65.4 Å². The second kappa shape index (κ2) is 10.4. The molecule has 0 spiro atoms. The molecule has 1 fully saturated rings. The van der Waals surface area contributed by atoms with Gasteiger partial charge in [-0.15, -0.1) is 13.2 Å². The van der Waals surface area contributed by atoms with E-state index in [4.69, 9.17) is 9.72 Å². The maximum Gasteiger partial charge on any atom is 0.573 e. The fourth-order valence-electron chi connectivity index (χ4n) is 5.23. The molecule has 4 rings (SSSR count). The number of carbonyl (C=O) groups excluding carboxylic acids is 1. The molecular weight excluding hydrogens is 471 g/mol. The summed E-state index contributed by atoms with van der Waals surface area (Å²) in [5.74, 6) is 1.51. The number of alkyl halides is 3. The number of ether oxygens (including phenoxy) is 2. The molecule has 1 aliphatic rings. The van der Waals surface area contributed by atoms with E-state index in [0.717, 1.165) is 29.4 Å². The molecule has 1 heterocycles. The van der Waals surface area contributed by atoms with Crippen molar-refractivity contribution >= 4 is 28.6 Å². The Morgan fingerprint density at radius 3 is 2.53 bits per heavy atom. The van der Waals surface area contributed by atoms with Gasteiger partial charge in [-0.2, -0.15) is 0 Å². The van der Waals surface area contributed by atoms with Gasteiger partial charge in [0.2, 0.25) is 5.95 Å². The molecule has 0 saturated heterocycles. The normalized spacial score (nSPS) is 20.5. The van der Waals surface area contributed by atoms with Crippen molar-refractivity contribution < 1.29 is 27.4 Å². The van der Waals surface area contributed by atoms with Gasteiger partial charge in [-0.05, 0) is 72.6 Å². The number of rotatable bonds is 7. The van der Waals surface area contributed by atoms with Crippen LogP contribution in [-0.4, -0.2) is 29.0 Å². The molecule has 1 aromatic heterocycles. The smallest absolute Gasteiger partial charge is 0.469 e. The number of hydrogen-bond donors (Lipinski definition) is 1. The maximum atomic E-state index is 12.6. The number of carbonyl (C=O) groups is 1. The van der Waals surface area contributed by atoms with Crippen LogP contribution in [0, 0.1) is 17.8 Å². The number of benzene rings is 2. The summed E-state index contributed by atoms with van der Waals surface area (Å²) in [4.78, 5) is 16.7. The highest BCUT2D eigenvalue weighted by Crippen LogP contribution is 2.44. The van der Waals surface area contributed by atoms with Crippen LogP contribution in [0.4, 0.5) is 24.8 Å². The lowest BCUT2D eigenvalue weighted by atomic mass is 9.74. The molecule has 9 heteroatoms. The Morgan fingerprint density at radius 1 is 1.17 bits per heavy atom. The summed E-state index contributed by atoms with van der Waals surface area (Å²) in [6, 6.07) is 11.6. The van der Waals surface area contributed by atoms with Gasteiger partial charge in [-0.1, -0.05) is 33.3 Å². The summed E-state index contributed by atoms with van der Waals surface area (Å²) in [5.41, 5.74) is 3.10. The Kier molecular flexibility index (Phi) is 7.47. The molecule has 36 heavy (non-hydrogen) atoms. The van der Waals surface area contributed by atoms with Crippen LogP contribution in [-0.2, 0) is 16.0 Å². The highest BCUT2D eigenvalue weighted by molar-refractivity contribution is 5.82. The van der Waals surface area contributed by atoms with Crippen molar-refractivity contribution in [1.29, 1.82) is 0 Å². The van der Waals surface area contributed by atoms with Gasteiger partial charge in [-0.25, -0.2) is 4.98 Å². The Bertz CT molecular complexity index is 1200. The summed E-state index contributed by atoms with van der Waals surface area (Å²) in [7, 11) is 1.36. The molecule has 1 N–H and O–H groups in total. The van der Waals surface area contributed by atoms with E-state index >= 15 is 0 Å². The lowest BCUT2D eigenvalue weighted by Gasteiger charge is -2.39. The SMILES string of the molecule is COC(=O)Cc1ccc2c(c1)nc(Nc1ccc(OC(F)(F)F)cc1)n2[C@@H]1C[C@H](C)CC[C@H]1C(C)C. The minimum absolute atomic E-state index is 0.151. The first-order chi connectivity index (χ1) is 17.0. The quantitative estimate of drug-likeness (QED) is 0.351. The first-order valence-electron chi connectivity index (χ1n) is 12.2. The summed E-state index contributed by atoms with van der Waals surface area (Å²) in [6.07, 6.45) is -1.29. The van der Waals surface area contributed by atoms with Gasteiger partial charge < -0.3 is 19.4 Å². The van der Waals surface area contributed by atoms with Crippen molar-refractivity contribution in [2.45, 2.75) is 58.9 Å². The zero-order chi connectivity index (χ0) is 26.0. The van der Waals surface area contributed by atoms with Gasteiger partial charge in [0.1, 0.15) is 5.75 Å². The van der Waals surface area contributed by atoms with E-state index < -0.39 is 6.36 Å². The number of aromatic nitrogens is 2. The third-order valence-corrected chi connectivity index (χ3v) is 6.99. The number of nitrogens with zero attached hydrogens (tertiary/aromatic N) is 2. The molecule has 3 atom stereocenters. The largest absolute Gasteiger partial charge is 0.573 e. The van der Waals surface area contributed by atoms with Crippen LogP contribution in [0.15, 0.2) is 42.5 Å². The third kappa shape index (κ3) is 5.94. The zero-order valence-corrected chi connectivity index (χ0v) is 20.9. The number of nitrogens with one attached hydrogen (secondary N) is 1. The molecule has 0 unspecified atom stereocenters. The van der Waals surface area contributed by atoms with Crippen molar-refractivity contribution in [1.82, 2.24) is 9.55 Å². The van der Waals surface area contributed by atoms with Crippen LogP contribution < -0.4 is 10.1 Å². The number of methoxy groups -OCH3 is 1. The van der Waals surface area contributed by atoms with Crippen molar-refractivity contribution in [2.24, 2.45) is 17.8 Å². The van der Waals surface area contributed by atoms with E-state index in [9.17, 15) is 18.0 Å². The van der Waals surface area contributed by atoms with Crippen LogP contribution in [0.5, 0.6) is 5.75 Å². The van der Waals surface area contributed by atoms with Crippen LogP contribution in [0.1, 0.15) is 51.6 Å². The molecule has 6 nitrogen and oxygen atoms in total. The van der Waals surface area contributed by atoms with Crippen molar-refractivity contribution in [3.05, 3.63) is 48.0 Å². The van der Waals surface area contributed by atoms with E-state index in [1.807, 2.05) is 18.2 Å². The fraction of sp³-hybridized carbons (Fsp3) is 0.481. The van der Waals surface area contributed by atoms with Crippen molar-refractivity contribution in [3.8, 4) is 5.75 Å². The average molecular weight is 504 g/mol. The maximum absolute atomic E-state index is 12.6. The van der Waals surface area contributed by atoms with Gasteiger partial charge in [0.25, 0.3) is 0 Å². The molecule has 2 aromatic carbocycles. The van der Waals surface area contributed by atoms with E-state index in [0.29, 0.717) is 29.4 Å². The molecule has 0 radical (unpaired) electrons. The number of fused-ring (bicyclic) bond motifs is 1. The van der Waals surface area contributed by atoms with E-state index in [-0.39, 0.29) is 24.2 Å². The Morgan fingerprint density at radius 2 is 1.89 bits per heavy atom. The first-order valence-corrected chi connectivity index (χ1v) is 12.2. The van der Waals surface area contributed by atoms with Crippen LogP contribution in [0.2, 0.25) is 0 Å². The first kappa shape index (κ1) is 25.9. The fourth-order valence-corrected chi connectivity index (χ4v) is 5.23. The molecule has 0 aliphatic heterocycles. The molecule has 0 amide bonds. The second-order valence-electron chi connectivity index (χ2n) is 9.97. The second-order valence-corrected chi connectivity index (χ2v) is 9.97. The summed E-state index contributed by atoms with van der Waals surface area (Å²) >= 11 is 0. The number of hydrogen-bond acceptors (Lipinski definition) is 5. The highest BCUT2D eigenvalue weighted by atomic mass is 19.4. The van der Waals surface area contributed by atoms with Crippen molar-refractivity contribution in [3.63, 3.8) is 0 Å². The predicted molar refractivity (Wildman–Crippen MR) is 132 cm³/mol. The summed E-state index contributed by atoms with van der Waals surface area (Å²) in [6.45, 7) is 6.75. The van der Waals surface area contributed by atoms with Crippen molar-refractivity contribution in [2.75, 3.05) is 12.4 Å². The molecular formula is C27H32F3N3O3. The molecule has 3 aromatic rings. The Balaban J connectivity index is 1.74. The van der Waals surface area contributed by atoms with Gasteiger partial charge in [0.15, 0.2) is 0 Å². The van der Waals surface area contributed by atoms with Crippen LogP contribution >= 0.6 is 0 Å². The van der Waals surface area contributed by atoms with Crippen LogP contribution in [0.3, 0.4) is 0 Å². The number of halogens is 3. The Labute approximate surface area is 208 Å². The van der Waals surface area contributed by atoms with Gasteiger partial charge >= 0.3 is 12.3 Å². The molecule has 0 bridgehead atoms. The Hall–Kier alpha value is -3.23. The molecule has 1 saturated carbocycles. The van der Waals surface area contributed by atoms with Gasteiger partial charge in [0.05, 0.1) is 24.6 Å². The molecule has 1 aliphatic carbocycles. The highest BCUT2D eigenvalue weighted by Gasteiger charge is 2.34. The number of imidazole rings is 1. The van der Waals surface area contributed by atoms with E-state index in [1.165, 1.54) is 37.8 Å². The predicted octanol–water partition coefficient (Wildman–Crippen LogP) is 7.03. The van der Waals surface area contributed by atoms with E-state index in [2.05, 4.69) is 35.4 Å². The lowest BCUT2D eigenvalue weighted by molar-refractivity contribution is -0.274. The van der Waals surface area contributed by atoms with Crippen LogP contribution in [0.25, 0.3) is 11.0 Å². The van der Waals surface area contributed by atoms with Gasteiger partial charge in [-0.3, -0.25) is 4.79 Å². The monoisotopic (exact) mass is 503 g/mol. The number of esters is 1. The van der Waals surface area contributed by atoms with Gasteiger partial charge in [0, 0.05) is 11.7 Å². The average Bonchev–Trinajstić information content (AvgIpc) is 3.15. The lowest BCUT2D eigenvalue weighted by Crippen LogP contribution is -2.30. The standard InChI is InChI=1S/C27H32F3N3O3/c1-16(2)21-11-5-17(3)13-24(21)33-23-12-6-18(15-25(34)35-4)14-22(23)32-26(33)31-19-7-9-20(10-8-19)36-27(28,29)30/h6-10,12,14,16-17,21,24H,5,11,13,15H2,1-4H3,(H,31,32)/t17-,21+,24-/m1/s1. The minimum atomic E-state index is -4.74. The third-order valence-electron chi connectivity index (χ3n) is 6.99.